The summed E-state index contributed by atoms with van der Waals surface area (Å²) in [6.07, 6.45) is -0.485. The van der Waals surface area contributed by atoms with Gasteiger partial charge in [0.2, 0.25) is 0 Å². The van der Waals surface area contributed by atoms with Crippen molar-refractivity contribution in [2.75, 3.05) is 38.4 Å². The summed E-state index contributed by atoms with van der Waals surface area (Å²) in [5.41, 5.74) is 17.3. The van der Waals surface area contributed by atoms with Crippen molar-refractivity contribution in [2.24, 2.45) is 17.2 Å². The number of halogens is 2. The number of hydrogen-bond acceptors (Lipinski definition) is 18. The summed E-state index contributed by atoms with van der Waals surface area (Å²) in [7, 11) is 0. The Hall–Kier alpha value is -8.33. The number of Topliss-reactive ketones (excluding diaryl/α,β-unsaturated/α-hetero) is 3. The molecule has 3 amide bonds. The van der Waals surface area contributed by atoms with E-state index in [9.17, 15) is 58.5 Å². The lowest BCUT2D eigenvalue weighted by Crippen LogP contribution is -2.27. The minimum atomic E-state index is -1.20. The molecule has 0 aliphatic carbocycles. The highest BCUT2D eigenvalue weighted by molar-refractivity contribution is 6.46. The van der Waals surface area contributed by atoms with E-state index in [2.05, 4.69) is 6.58 Å². The zero-order valence-electron chi connectivity index (χ0n) is 47.8. The van der Waals surface area contributed by atoms with Crippen LogP contribution in [0.3, 0.4) is 0 Å². The first-order valence-corrected chi connectivity index (χ1v) is 26.5. The molecular formula is C57H70Cl2N6O19. The van der Waals surface area contributed by atoms with Crippen LogP contribution in [0.2, 0.25) is 0 Å². The molecule has 0 aliphatic rings. The lowest BCUT2D eigenvalue weighted by atomic mass is 10.1. The molecule has 2 unspecified atom stereocenters. The van der Waals surface area contributed by atoms with E-state index in [0.717, 1.165) is 0 Å². The van der Waals surface area contributed by atoms with Gasteiger partial charge in [-0.2, -0.15) is 0 Å². The Kier molecular flexibility index (Phi) is 25.7. The highest BCUT2D eigenvalue weighted by Gasteiger charge is 2.30. The first-order valence-electron chi connectivity index (χ1n) is 25.4. The number of nitrogens with zero attached hydrogens (tertiary/aromatic N) is 3. The Balaban J connectivity index is 0.000000323. The van der Waals surface area contributed by atoms with Crippen LogP contribution in [0.25, 0.3) is 32.7 Å². The number of alkyl halides is 2. The fourth-order valence-corrected chi connectivity index (χ4v) is 8.57. The zero-order chi connectivity index (χ0) is 63.7. The molecule has 0 saturated heterocycles. The van der Waals surface area contributed by atoms with Gasteiger partial charge in [0.25, 0.3) is 35.1 Å². The number of nitrogens with two attached hydrogens (primary N) is 3. The maximum atomic E-state index is 12.5. The molecule has 25 nitrogen and oxygen atoms in total. The molecule has 6 aromatic rings. The topological polar surface area (TPSA) is 394 Å². The van der Waals surface area contributed by atoms with E-state index in [1.807, 2.05) is 4.57 Å². The molecule has 0 spiro atoms. The van der Waals surface area contributed by atoms with Gasteiger partial charge in [-0.1, -0.05) is 24.3 Å². The zero-order valence-corrected chi connectivity index (χ0v) is 49.3. The van der Waals surface area contributed by atoms with Gasteiger partial charge in [-0.15, -0.1) is 29.8 Å². The molecule has 0 aliphatic heterocycles. The van der Waals surface area contributed by atoms with Crippen molar-refractivity contribution in [2.45, 2.75) is 105 Å². The van der Waals surface area contributed by atoms with Crippen LogP contribution in [0, 0.1) is 20.8 Å². The number of aliphatic hydroxyl groups is 4. The number of fused-ring (bicyclic) bond motifs is 3. The van der Waals surface area contributed by atoms with Gasteiger partial charge < -0.3 is 80.1 Å². The number of carboxylic acids is 1. The number of esters is 2. The van der Waals surface area contributed by atoms with Crippen LogP contribution in [0.4, 0.5) is 0 Å². The number of benzene rings is 3. The van der Waals surface area contributed by atoms with Gasteiger partial charge in [0.1, 0.15) is 28.5 Å². The van der Waals surface area contributed by atoms with Crippen molar-refractivity contribution in [3.8, 4) is 17.2 Å². The smallest absolute Gasteiger partial charge is 0.344 e. The lowest BCUT2D eigenvalue weighted by molar-refractivity contribution is -0.158. The first-order chi connectivity index (χ1) is 39.2. The molecule has 0 saturated carbocycles. The van der Waals surface area contributed by atoms with Crippen LogP contribution in [-0.4, -0.2) is 154 Å². The van der Waals surface area contributed by atoms with Crippen LogP contribution < -0.4 is 31.4 Å². The number of aliphatic carboxylic acids is 1. The standard InChI is InChI=1S/C20H26N2O7.C20H24N2O5.C16H18N2O7.CH2Cl2/c1-11-16(18(26)19(21)27)17-13(22(11)8-12(24)9-23)6-5-7-14(17)28-10-15(25)29-20(2,3)4;1-6-10-22-12(2)16(18(24)19(21)25)17-13(22)8-7-9-14(17)26-11-15(23)27-20(3,4)5;1-8-13(15(23)16(17)24)14-10(18(8)5-9(20)6-19)3-2-4-11(14)25-7-12(21)22;2-1-3/h5-7,12,23-24H,8-10H2,1-4H3,(H2,21,27);6-9H,1,10-11H2,2-5H3,(H2,21,25);2-4,9,19-20H,5-7H2,1H3,(H2,17,24)(H,21,22);1H2. The van der Waals surface area contributed by atoms with E-state index in [0.29, 0.717) is 56.7 Å². The summed E-state index contributed by atoms with van der Waals surface area (Å²) in [5, 5.41) is 47.8. The van der Waals surface area contributed by atoms with Crippen LogP contribution >= 0.6 is 23.2 Å². The first kappa shape index (κ1) is 69.9. The molecule has 3 aromatic heterocycles. The number of carbonyl (C=O) groups is 9. The van der Waals surface area contributed by atoms with E-state index >= 15 is 0 Å². The molecule has 0 bridgehead atoms. The second-order valence-electron chi connectivity index (χ2n) is 20.2. The van der Waals surface area contributed by atoms with Crippen molar-refractivity contribution < 1.29 is 92.4 Å². The third-order valence-corrected chi connectivity index (χ3v) is 11.7. The van der Waals surface area contributed by atoms with Gasteiger partial charge in [0.05, 0.1) is 93.2 Å². The minimum absolute atomic E-state index is 0.0135. The maximum Gasteiger partial charge on any atom is 0.344 e. The van der Waals surface area contributed by atoms with Crippen molar-refractivity contribution in [1.82, 2.24) is 13.7 Å². The number of ether oxygens (including phenoxy) is 5. The number of hydrogen-bond donors (Lipinski definition) is 8. The van der Waals surface area contributed by atoms with Crippen molar-refractivity contribution in [3.63, 3.8) is 0 Å². The molecule has 84 heavy (non-hydrogen) atoms. The summed E-state index contributed by atoms with van der Waals surface area (Å²) in [4.78, 5) is 106. The summed E-state index contributed by atoms with van der Waals surface area (Å²) in [6.45, 7) is 17.1. The Bertz CT molecular complexity index is 3440. The number of aliphatic hydroxyl groups excluding tert-OH is 4. The number of allylic oxidation sites excluding steroid dienone is 1. The van der Waals surface area contributed by atoms with E-state index in [1.165, 1.54) is 6.07 Å². The second-order valence-corrected chi connectivity index (χ2v) is 21.0. The van der Waals surface area contributed by atoms with Crippen LogP contribution in [0.15, 0.2) is 67.3 Å². The molecule has 0 fully saturated rings. The largest absolute Gasteiger partial charge is 0.481 e. The lowest BCUT2D eigenvalue weighted by Gasteiger charge is -2.19. The number of aromatic nitrogens is 3. The fraction of sp³-hybridized carbons (Fsp3) is 0.386. The molecule has 11 N–H and O–H groups in total. The van der Waals surface area contributed by atoms with Crippen molar-refractivity contribution in [1.29, 1.82) is 0 Å². The van der Waals surface area contributed by atoms with E-state index in [4.69, 9.17) is 74.3 Å². The highest BCUT2D eigenvalue weighted by Crippen LogP contribution is 2.37. The third-order valence-electron chi connectivity index (χ3n) is 11.7. The SMILES string of the molecule is C=CCn1c(C)c(C(=O)C(N)=O)c2c(OCC(=O)OC(C)(C)C)cccc21.Cc1c(C(=O)C(N)=O)c2c(OCC(=O)O)cccc2n1CC(O)CO.Cc1c(C(=O)C(N)=O)c2c(OCC(=O)OC(C)(C)C)cccc2n1CC(O)CO.ClCCl. The molecule has 456 valence electrons. The Morgan fingerprint density at radius 2 is 0.833 bits per heavy atom. The van der Waals surface area contributed by atoms with Gasteiger partial charge >= 0.3 is 17.9 Å². The third kappa shape index (κ3) is 18.3. The summed E-state index contributed by atoms with van der Waals surface area (Å²) in [6, 6.07) is 14.7. The van der Waals surface area contributed by atoms with Gasteiger partial charge in [-0.25, -0.2) is 14.4 Å². The number of rotatable bonds is 23. The average Bonchev–Trinajstić information content (AvgIpc) is 2.87. The number of amides is 3. The van der Waals surface area contributed by atoms with Crippen LogP contribution in [-0.2, 0) is 57.9 Å². The summed E-state index contributed by atoms with van der Waals surface area (Å²) >= 11 is 9.53. The van der Waals surface area contributed by atoms with Gasteiger partial charge in [0.15, 0.2) is 19.8 Å². The van der Waals surface area contributed by atoms with E-state index in [-0.39, 0.29) is 58.6 Å². The minimum Gasteiger partial charge on any atom is -0.481 e. The predicted octanol–water partition coefficient (Wildman–Crippen LogP) is 4.07. The Morgan fingerprint density at radius 1 is 0.548 bits per heavy atom. The Morgan fingerprint density at radius 3 is 1.10 bits per heavy atom. The normalized spacial score (nSPS) is 11.8. The van der Waals surface area contributed by atoms with E-state index in [1.54, 1.807) is 126 Å². The number of primary amides is 3. The maximum absolute atomic E-state index is 12.5. The van der Waals surface area contributed by atoms with Crippen molar-refractivity contribution >= 4 is 109 Å². The summed E-state index contributed by atoms with van der Waals surface area (Å²) < 4.78 is 31.8. The fourth-order valence-electron chi connectivity index (χ4n) is 8.57. The van der Waals surface area contributed by atoms with Gasteiger partial charge in [-0.3, -0.25) is 28.8 Å². The molecule has 0 radical (unpaired) electrons. The number of ketones is 3. The molecule has 2 atom stereocenters. The second kappa shape index (κ2) is 30.8. The van der Waals surface area contributed by atoms with Gasteiger partial charge in [-0.05, 0) is 98.7 Å². The predicted molar refractivity (Wildman–Crippen MR) is 309 cm³/mol. The summed E-state index contributed by atoms with van der Waals surface area (Å²) in [5.74, 6) is -7.79. The molecule has 27 heteroatoms. The molecule has 3 aromatic carbocycles. The van der Waals surface area contributed by atoms with Crippen LogP contribution in [0.1, 0.15) is 89.7 Å². The number of carboxylic acid groups (broad SMARTS) is 1. The Labute approximate surface area is 492 Å². The average molecular weight is 1210 g/mol. The monoisotopic (exact) mass is 1210 g/mol. The van der Waals surface area contributed by atoms with Gasteiger partial charge in [0, 0.05) is 23.6 Å². The van der Waals surface area contributed by atoms with Crippen LogP contribution in [0.5, 0.6) is 17.2 Å². The van der Waals surface area contributed by atoms with E-state index < -0.39 is 103 Å². The highest BCUT2D eigenvalue weighted by atomic mass is 35.5. The quantitative estimate of drug-likeness (QED) is 0.0147. The molecule has 6 rings (SSSR count). The molecule has 3 heterocycles. The number of carbonyl (C=O) groups excluding carboxylic acids is 8. The van der Waals surface area contributed by atoms with Crippen molar-refractivity contribution in [3.05, 3.63) is 101 Å². The molecular weight excluding hydrogens is 1140 g/mol.